The van der Waals surface area contributed by atoms with Gasteiger partial charge in [-0.3, -0.25) is 0 Å². The zero-order chi connectivity index (χ0) is 14.2. The Morgan fingerprint density at radius 1 is 1.25 bits per heavy atom. The Morgan fingerprint density at radius 3 is 2.70 bits per heavy atom. The summed E-state index contributed by atoms with van der Waals surface area (Å²) >= 11 is 3.67. The summed E-state index contributed by atoms with van der Waals surface area (Å²) in [6.07, 6.45) is 7.74. The monoisotopic (exact) mass is 337 g/mol. The van der Waals surface area contributed by atoms with Crippen LogP contribution in [-0.2, 0) is 6.42 Å². The first-order valence-electron chi connectivity index (χ1n) is 7.76. The van der Waals surface area contributed by atoms with Gasteiger partial charge in [-0.2, -0.15) is 0 Å². The number of hydrogen-bond acceptors (Lipinski definition) is 2. The van der Waals surface area contributed by atoms with E-state index in [9.17, 15) is 0 Å². The Hall–Kier alpha value is -0.540. The highest BCUT2D eigenvalue weighted by molar-refractivity contribution is 9.10. The van der Waals surface area contributed by atoms with E-state index >= 15 is 0 Å². The third-order valence-corrected chi connectivity index (χ3v) is 5.53. The van der Waals surface area contributed by atoms with Crippen LogP contribution in [0.4, 0.5) is 0 Å². The summed E-state index contributed by atoms with van der Waals surface area (Å²) in [6.45, 7) is 3.27. The quantitative estimate of drug-likeness (QED) is 0.869. The molecule has 1 saturated carbocycles. The molecule has 20 heavy (non-hydrogen) atoms. The molecule has 3 rings (SSSR count). The lowest BCUT2D eigenvalue weighted by Crippen LogP contribution is -2.36. The van der Waals surface area contributed by atoms with E-state index in [0.29, 0.717) is 11.5 Å². The lowest BCUT2D eigenvalue weighted by Gasteiger charge is -2.41. The van der Waals surface area contributed by atoms with Gasteiger partial charge in [-0.15, -0.1) is 0 Å². The molecule has 0 spiro atoms. The maximum Gasteiger partial charge on any atom is 0.127 e. The molecule has 1 unspecified atom stereocenters. The van der Waals surface area contributed by atoms with Crippen LogP contribution < -0.4 is 10.1 Å². The molecule has 1 heterocycles. The molecule has 1 fully saturated rings. The molecule has 2 aliphatic rings. The standard InChI is InChI=1S/C17H24BrNO/c1-17(7-4-3-5-8-17)16(19-2)14-11-13(18)10-12-6-9-20-15(12)14/h10-11,16,19H,3-9H2,1-2H3. The summed E-state index contributed by atoms with van der Waals surface area (Å²) in [5.41, 5.74) is 3.04. The summed E-state index contributed by atoms with van der Waals surface area (Å²) in [6, 6.07) is 4.85. The van der Waals surface area contributed by atoms with Crippen LogP contribution in [0.25, 0.3) is 0 Å². The van der Waals surface area contributed by atoms with Crippen molar-refractivity contribution in [2.45, 2.75) is 51.5 Å². The van der Waals surface area contributed by atoms with E-state index in [2.05, 4.69) is 47.4 Å². The van der Waals surface area contributed by atoms with Crippen molar-refractivity contribution in [2.24, 2.45) is 5.41 Å². The second-order valence-corrected chi connectivity index (χ2v) is 7.43. The SMILES string of the molecule is CNC(c1cc(Br)cc2c1OCC2)C1(C)CCCCC1. The summed E-state index contributed by atoms with van der Waals surface area (Å²) in [7, 11) is 2.09. The van der Waals surface area contributed by atoms with E-state index in [1.165, 1.54) is 47.7 Å². The predicted molar refractivity (Wildman–Crippen MR) is 86.3 cm³/mol. The van der Waals surface area contributed by atoms with Gasteiger partial charge < -0.3 is 10.1 Å². The van der Waals surface area contributed by atoms with Gasteiger partial charge in [0.05, 0.1) is 6.61 Å². The van der Waals surface area contributed by atoms with Crippen LogP contribution in [0.5, 0.6) is 5.75 Å². The van der Waals surface area contributed by atoms with Crippen molar-refractivity contribution < 1.29 is 4.74 Å². The number of halogens is 1. The summed E-state index contributed by atoms with van der Waals surface area (Å²) in [4.78, 5) is 0. The van der Waals surface area contributed by atoms with Gasteiger partial charge in [0.1, 0.15) is 5.75 Å². The lowest BCUT2D eigenvalue weighted by atomic mass is 9.68. The van der Waals surface area contributed by atoms with Crippen molar-refractivity contribution in [3.8, 4) is 5.75 Å². The van der Waals surface area contributed by atoms with Gasteiger partial charge in [0.2, 0.25) is 0 Å². The Bertz CT molecular complexity index is 494. The normalized spacial score (nSPS) is 22.1. The van der Waals surface area contributed by atoms with Crippen LogP contribution in [0.15, 0.2) is 16.6 Å². The molecule has 0 bridgehead atoms. The van der Waals surface area contributed by atoms with E-state index < -0.39 is 0 Å². The van der Waals surface area contributed by atoms with Crippen molar-refractivity contribution in [3.63, 3.8) is 0 Å². The molecule has 1 atom stereocenters. The number of fused-ring (bicyclic) bond motifs is 1. The smallest absolute Gasteiger partial charge is 0.127 e. The molecule has 0 radical (unpaired) electrons. The van der Waals surface area contributed by atoms with Crippen LogP contribution in [0.3, 0.4) is 0 Å². The first-order valence-corrected chi connectivity index (χ1v) is 8.56. The number of hydrogen-bond donors (Lipinski definition) is 1. The predicted octanol–water partition coefficient (Wildman–Crippen LogP) is 4.61. The van der Waals surface area contributed by atoms with Gasteiger partial charge >= 0.3 is 0 Å². The van der Waals surface area contributed by atoms with Crippen molar-refractivity contribution in [1.29, 1.82) is 0 Å². The summed E-state index contributed by atoms with van der Waals surface area (Å²) < 4.78 is 7.12. The average Bonchev–Trinajstić information content (AvgIpc) is 2.88. The number of benzene rings is 1. The molecule has 2 nitrogen and oxygen atoms in total. The highest BCUT2D eigenvalue weighted by Gasteiger charge is 2.38. The molecule has 1 N–H and O–H groups in total. The topological polar surface area (TPSA) is 21.3 Å². The van der Waals surface area contributed by atoms with Gasteiger partial charge in [-0.25, -0.2) is 0 Å². The first kappa shape index (κ1) is 14.4. The fourth-order valence-corrected chi connectivity index (χ4v) is 4.56. The molecule has 1 aromatic carbocycles. The molecular weight excluding hydrogens is 314 g/mol. The molecule has 110 valence electrons. The third-order valence-electron chi connectivity index (χ3n) is 5.07. The first-order chi connectivity index (χ1) is 9.64. The summed E-state index contributed by atoms with van der Waals surface area (Å²) in [5, 5.41) is 3.58. The molecule has 3 heteroatoms. The zero-order valence-electron chi connectivity index (χ0n) is 12.5. The molecule has 0 aromatic heterocycles. The maximum atomic E-state index is 5.94. The minimum Gasteiger partial charge on any atom is -0.493 e. The second kappa shape index (κ2) is 5.69. The molecule has 0 amide bonds. The third kappa shape index (κ3) is 2.50. The van der Waals surface area contributed by atoms with Gasteiger partial charge in [0.25, 0.3) is 0 Å². The molecule has 1 aliphatic carbocycles. The van der Waals surface area contributed by atoms with E-state index in [-0.39, 0.29) is 0 Å². The van der Waals surface area contributed by atoms with Crippen LogP contribution >= 0.6 is 15.9 Å². The fraction of sp³-hybridized carbons (Fsp3) is 0.647. The lowest BCUT2D eigenvalue weighted by molar-refractivity contribution is 0.148. The molecular formula is C17H24BrNO. The highest BCUT2D eigenvalue weighted by Crippen LogP contribution is 2.49. The number of rotatable bonds is 3. The largest absolute Gasteiger partial charge is 0.493 e. The van der Waals surface area contributed by atoms with Crippen LogP contribution in [-0.4, -0.2) is 13.7 Å². The summed E-state index contributed by atoms with van der Waals surface area (Å²) in [5.74, 6) is 1.14. The van der Waals surface area contributed by atoms with E-state index in [4.69, 9.17) is 4.74 Å². The van der Waals surface area contributed by atoms with Crippen molar-refractivity contribution >= 4 is 15.9 Å². The molecule has 1 aliphatic heterocycles. The van der Waals surface area contributed by atoms with Crippen LogP contribution in [0, 0.1) is 5.41 Å². The van der Waals surface area contributed by atoms with Crippen molar-refractivity contribution in [1.82, 2.24) is 5.32 Å². The van der Waals surface area contributed by atoms with Gasteiger partial charge in [-0.1, -0.05) is 42.1 Å². The fourth-order valence-electron chi connectivity index (χ4n) is 4.04. The van der Waals surface area contributed by atoms with Gasteiger partial charge in [0.15, 0.2) is 0 Å². The van der Waals surface area contributed by atoms with Crippen molar-refractivity contribution in [3.05, 3.63) is 27.7 Å². The minimum atomic E-state index is 0.341. The van der Waals surface area contributed by atoms with Crippen LogP contribution in [0.2, 0.25) is 0 Å². The van der Waals surface area contributed by atoms with Gasteiger partial charge in [-0.05, 0) is 43.0 Å². The zero-order valence-corrected chi connectivity index (χ0v) is 14.1. The molecule has 0 saturated heterocycles. The second-order valence-electron chi connectivity index (χ2n) is 6.52. The maximum absolute atomic E-state index is 5.94. The van der Waals surface area contributed by atoms with Gasteiger partial charge in [0, 0.05) is 22.5 Å². The Kier molecular flexibility index (Phi) is 4.09. The van der Waals surface area contributed by atoms with Crippen LogP contribution in [0.1, 0.15) is 56.2 Å². The van der Waals surface area contributed by atoms with E-state index in [0.717, 1.165) is 18.8 Å². The Morgan fingerprint density at radius 2 is 2.00 bits per heavy atom. The number of ether oxygens (including phenoxy) is 1. The van der Waals surface area contributed by atoms with E-state index in [1.54, 1.807) is 0 Å². The minimum absolute atomic E-state index is 0.341. The number of nitrogens with one attached hydrogen (secondary N) is 1. The average molecular weight is 338 g/mol. The van der Waals surface area contributed by atoms with Crippen molar-refractivity contribution in [2.75, 3.05) is 13.7 Å². The Balaban J connectivity index is 2.01. The van der Waals surface area contributed by atoms with E-state index in [1.807, 2.05) is 0 Å². The highest BCUT2D eigenvalue weighted by atomic mass is 79.9. The molecule has 1 aromatic rings. The Labute approximate surface area is 130 Å².